The molecule has 2 N–H and O–H groups in total. The Balaban J connectivity index is 3.98. The zero-order valence-electron chi connectivity index (χ0n) is 7.22. The summed E-state index contributed by atoms with van der Waals surface area (Å²) in [5.41, 5.74) is 6.68. The normalized spacial score (nSPS) is 12.4. The van der Waals surface area contributed by atoms with Crippen LogP contribution in [0.3, 0.4) is 0 Å². The maximum atomic E-state index is 5.42. The van der Waals surface area contributed by atoms with E-state index >= 15 is 0 Å². The minimum absolute atomic E-state index is 0.702. The molecule has 0 aliphatic heterocycles. The van der Waals surface area contributed by atoms with Crippen LogP contribution >= 0.6 is 0 Å². The molecule has 0 aromatic rings. The van der Waals surface area contributed by atoms with E-state index in [4.69, 9.17) is 5.73 Å². The van der Waals surface area contributed by atoms with Crippen LogP contribution in [0.2, 0.25) is 0 Å². The van der Waals surface area contributed by atoms with Gasteiger partial charge >= 0.3 is 0 Å². The molecule has 0 rings (SSSR count). The second kappa shape index (κ2) is 7.29. The van der Waals surface area contributed by atoms with E-state index in [9.17, 15) is 0 Å². The van der Waals surface area contributed by atoms with Gasteiger partial charge < -0.3 is 5.73 Å². The van der Waals surface area contributed by atoms with Crippen LogP contribution < -0.4 is 5.73 Å². The second-order valence-electron chi connectivity index (χ2n) is 2.33. The van der Waals surface area contributed by atoms with Crippen molar-refractivity contribution >= 4 is 0 Å². The molecule has 0 spiro atoms. The fraction of sp³-hybridized carbons (Fsp3) is 0.400. The molecule has 0 saturated carbocycles. The molecular formula is C10H17N. The smallest absolute Gasteiger partial charge is 0.00367 e. The highest BCUT2D eigenvalue weighted by atomic mass is 14.5. The Kier molecular flexibility index (Phi) is 6.75. The lowest BCUT2D eigenvalue weighted by atomic mass is 10.1. The predicted molar refractivity (Wildman–Crippen MR) is 51.4 cm³/mol. The van der Waals surface area contributed by atoms with E-state index in [1.165, 1.54) is 5.57 Å². The van der Waals surface area contributed by atoms with Crippen LogP contribution in [0, 0.1) is 0 Å². The van der Waals surface area contributed by atoms with Crippen molar-refractivity contribution in [1.29, 1.82) is 0 Å². The summed E-state index contributed by atoms with van der Waals surface area (Å²) in [7, 11) is 0. The summed E-state index contributed by atoms with van der Waals surface area (Å²) in [4.78, 5) is 0. The average molecular weight is 151 g/mol. The third-order valence-corrected chi connectivity index (χ3v) is 1.33. The van der Waals surface area contributed by atoms with E-state index in [0.717, 1.165) is 12.8 Å². The molecule has 0 bridgehead atoms. The Morgan fingerprint density at radius 2 is 2.27 bits per heavy atom. The second-order valence-corrected chi connectivity index (χ2v) is 2.33. The first-order valence-electron chi connectivity index (χ1n) is 4.03. The minimum Gasteiger partial charge on any atom is -0.330 e. The van der Waals surface area contributed by atoms with Crippen LogP contribution in [0.15, 0.2) is 36.5 Å². The van der Waals surface area contributed by atoms with Crippen LogP contribution in [0.25, 0.3) is 0 Å². The van der Waals surface area contributed by atoms with Gasteiger partial charge in [-0.05, 0) is 25.0 Å². The van der Waals surface area contributed by atoms with E-state index in [0.29, 0.717) is 6.54 Å². The third-order valence-electron chi connectivity index (χ3n) is 1.33. The van der Waals surface area contributed by atoms with Gasteiger partial charge in [0.25, 0.3) is 0 Å². The molecule has 0 aliphatic rings. The Morgan fingerprint density at radius 1 is 1.55 bits per heavy atom. The Labute approximate surface area is 69.3 Å². The zero-order valence-corrected chi connectivity index (χ0v) is 7.22. The Morgan fingerprint density at radius 3 is 2.73 bits per heavy atom. The van der Waals surface area contributed by atoms with E-state index < -0.39 is 0 Å². The molecule has 0 aliphatic carbocycles. The molecule has 0 amide bonds. The van der Waals surface area contributed by atoms with Gasteiger partial charge in [-0.3, -0.25) is 0 Å². The average Bonchev–Trinajstić information content (AvgIpc) is 2.01. The largest absolute Gasteiger partial charge is 0.330 e. The molecule has 0 radical (unpaired) electrons. The molecule has 0 aromatic carbocycles. The van der Waals surface area contributed by atoms with Crippen LogP contribution in [-0.4, -0.2) is 6.54 Å². The van der Waals surface area contributed by atoms with Crippen LogP contribution in [0.1, 0.15) is 19.8 Å². The van der Waals surface area contributed by atoms with Crippen molar-refractivity contribution in [2.45, 2.75) is 19.8 Å². The number of nitrogens with two attached hydrogens (primary N) is 1. The van der Waals surface area contributed by atoms with Gasteiger partial charge in [0.2, 0.25) is 0 Å². The fourth-order valence-corrected chi connectivity index (χ4v) is 0.809. The monoisotopic (exact) mass is 151 g/mol. The first kappa shape index (κ1) is 10.2. The molecule has 0 aromatic heterocycles. The number of hydrogen-bond acceptors (Lipinski definition) is 1. The molecule has 0 saturated heterocycles. The summed E-state index contributed by atoms with van der Waals surface area (Å²) in [6.45, 7) is 6.46. The van der Waals surface area contributed by atoms with Crippen molar-refractivity contribution in [3.63, 3.8) is 0 Å². The van der Waals surface area contributed by atoms with Gasteiger partial charge in [0.15, 0.2) is 0 Å². The Hall–Kier alpha value is -0.820. The summed E-state index contributed by atoms with van der Waals surface area (Å²) >= 11 is 0. The SMILES string of the molecule is C=C/C=C(\C=C/CC)CCN. The lowest BCUT2D eigenvalue weighted by Crippen LogP contribution is -1.98. The van der Waals surface area contributed by atoms with Gasteiger partial charge in [-0.2, -0.15) is 0 Å². The van der Waals surface area contributed by atoms with Gasteiger partial charge in [-0.15, -0.1) is 0 Å². The van der Waals surface area contributed by atoms with Gasteiger partial charge in [0, 0.05) is 0 Å². The maximum absolute atomic E-state index is 5.42. The highest BCUT2D eigenvalue weighted by molar-refractivity contribution is 5.22. The summed E-state index contributed by atoms with van der Waals surface area (Å²) < 4.78 is 0. The summed E-state index contributed by atoms with van der Waals surface area (Å²) in [6, 6.07) is 0. The van der Waals surface area contributed by atoms with Crippen LogP contribution in [0.5, 0.6) is 0 Å². The third kappa shape index (κ3) is 5.62. The molecule has 1 nitrogen and oxygen atoms in total. The van der Waals surface area contributed by atoms with Crippen LogP contribution in [0.4, 0.5) is 0 Å². The lowest BCUT2D eigenvalue weighted by Gasteiger charge is -1.96. The summed E-state index contributed by atoms with van der Waals surface area (Å²) in [5.74, 6) is 0. The van der Waals surface area contributed by atoms with E-state index in [1.807, 2.05) is 6.08 Å². The topological polar surface area (TPSA) is 26.0 Å². The zero-order chi connectivity index (χ0) is 8.53. The standard InChI is InChI=1S/C10H17N/c1-3-5-7-10(6-4-2)8-9-11/h4-7H,2-3,8-9,11H2,1H3/b7-5-,10-6+. The van der Waals surface area contributed by atoms with Gasteiger partial charge in [0.05, 0.1) is 0 Å². The molecule has 0 heterocycles. The maximum Gasteiger partial charge on any atom is -0.00367 e. The van der Waals surface area contributed by atoms with Gasteiger partial charge in [-0.25, -0.2) is 0 Å². The molecule has 11 heavy (non-hydrogen) atoms. The van der Waals surface area contributed by atoms with Crippen LogP contribution in [-0.2, 0) is 0 Å². The van der Waals surface area contributed by atoms with Crippen molar-refractivity contribution in [3.05, 3.63) is 36.5 Å². The first-order chi connectivity index (χ1) is 5.35. The molecule has 0 fully saturated rings. The van der Waals surface area contributed by atoms with E-state index in [-0.39, 0.29) is 0 Å². The molecule has 1 heteroatoms. The van der Waals surface area contributed by atoms with Crippen molar-refractivity contribution in [1.82, 2.24) is 0 Å². The first-order valence-corrected chi connectivity index (χ1v) is 4.03. The van der Waals surface area contributed by atoms with Crippen molar-refractivity contribution in [3.8, 4) is 0 Å². The fourth-order valence-electron chi connectivity index (χ4n) is 0.809. The predicted octanol–water partition coefficient (Wildman–Crippen LogP) is 2.41. The molecule has 62 valence electrons. The van der Waals surface area contributed by atoms with Crippen molar-refractivity contribution in [2.75, 3.05) is 6.54 Å². The molecule has 0 unspecified atom stereocenters. The number of allylic oxidation sites excluding steroid dienone is 4. The minimum atomic E-state index is 0.702. The van der Waals surface area contributed by atoms with Gasteiger partial charge in [-0.1, -0.05) is 37.8 Å². The Bertz CT molecular complexity index is 154. The summed E-state index contributed by atoms with van der Waals surface area (Å²) in [5, 5.41) is 0. The van der Waals surface area contributed by atoms with E-state index in [2.05, 4.69) is 25.7 Å². The molecule has 0 atom stereocenters. The van der Waals surface area contributed by atoms with Gasteiger partial charge in [0.1, 0.15) is 0 Å². The number of rotatable bonds is 5. The quantitative estimate of drug-likeness (QED) is 0.600. The van der Waals surface area contributed by atoms with Crippen molar-refractivity contribution in [2.24, 2.45) is 5.73 Å². The highest BCUT2D eigenvalue weighted by Gasteiger charge is 1.86. The lowest BCUT2D eigenvalue weighted by molar-refractivity contribution is 0.971. The summed E-state index contributed by atoms with van der Waals surface area (Å²) in [6.07, 6.45) is 10.0. The molecular weight excluding hydrogens is 134 g/mol. The van der Waals surface area contributed by atoms with E-state index in [1.54, 1.807) is 6.08 Å². The number of hydrogen-bond donors (Lipinski definition) is 1. The highest BCUT2D eigenvalue weighted by Crippen LogP contribution is 2.02. The van der Waals surface area contributed by atoms with Crippen molar-refractivity contribution < 1.29 is 0 Å².